The molecule has 1 N–H and O–H groups in total. The van der Waals surface area contributed by atoms with Crippen LogP contribution in [0.25, 0.3) is 0 Å². The van der Waals surface area contributed by atoms with Gasteiger partial charge in [-0.2, -0.15) is 0 Å². The minimum absolute atomic E-state index is 0.0501. The Morgan fingerprint density at radius 3 is 2.68 bits per heavy atom. The molecule has 1 aromatic heterocycles. The number of halogens is 1. The number of nitrogens with zero attached hydrogens (tertiary/aromatic N) is 2. The average molecular weight is 343 g/mol. The quantitative estimate of drug-likeness (QED) is 0.915. The van der Waals surface area contributed by atoms with E-state index in [1.165, 1.54) is 4.88 Å². The van der Waals surface area contributed by atoms with E-state index in [1.54, 1.807) is 23.3 Å². The second-order valence-electron chi connectivity index (χ2n) is 6.13. The molecule has 1 aromatic rings. The lowest BCUT2D eigenvalue weighted by atomic mass is 9.77. The second kappa shape index (κ2) is 5.83. The predicted molar refractivity (Wildman–Crippen MR) is 85.1 cm³/mol. The summed E-state index contributed by atoms with van der Waals surface area (Å²) < 4.78 is 0.788. The van der Waals surface area contributed by atoms with Crippen LogP contribution in [0, 0.1) is 5.92 Å². The van der Waals surface area contributed by atoms with Crippen LogP contribution >= 0.6 is 22.9 Å². The van der Waals surface area contributed by atoms with Crippen molar-refractivity contribution in [2.75, 3.05) is 20.1 Å². The first-order valence-corrected chi connectivity index (χ1v) is 8.58. The molecule has 2 fully saturated rings. The molecule has 5 nitrogen and oxygen atoms in total. The highest BCUT2D eigenvalue weighted by atomic mass is 35.5. The van der Waals surface area contributed by atoms with Crippen LogP contribution in [0.1, 0.15) is 24.1 Å². The van der Waals surface area contributed by atoms with E-state index in [9.17, 15) is 14.7 Å². The van der Waals surface area contributed by atoms with Crippen LogP contribution in [0.2, 0.25) is 4.34 Å². The highest BCUT2D eigenvalue weighted by Crippen LogP contribution is 2.43. The lowest BCUT2D eigenvalue weighted by Gasteiger charge is -2.45. The number of amides is 1. The summed E-state index contributed by atoms with van der Waals surface area (Å²) in [5, 5.41) is 9.46. The van der Waals surface area contributed by atoms with Crippen molar-refractivity contribution in [1.82, 2.24) is 9.80 Å². The van der Waals surface area contributed by atoms with Crippen molar-refractivity contribution in [1.29, 1.82) is 0 Å². The van der Waals surface area contributed by atoms with Gasteiger partial charge in [0.1, 0.15) is 0 Å². The van der Waals surface area contributed by atoms with Crippen molar-refractivity contribution in [3.8, 4) is 0 Å². The molecule has 1 spiro atoms. The summed E-state index contributed by atoms with van der Waals surface area (Å²) >= 11 is 7.53. The largest absolute Gasteiger partial charge is 0.481 e. The molecule has 0 aromatic carbocycles. The zero-order valence-corrected chi connectivity index (χ0v) is 14.0. The van der Waals surface area contributed by atoms with Crippen LogP contribution < -0.4 is 0 Å². The maximum Gasteiger partial charge on any atom is 0.309 e. The molecule has 3 heterocycles. The Hall–Kier alpha value is -1.11. The first kappa shape index (κ1) is 15.8. The number of aliphatic carboxylic acids is 1. The molecule has 2 aliphatic heterocycles. The lowest BCUT2D eigenvalue weighted by molar-refractivity contribution is -0.146. The first-order valence-electron chi connectivity index (χ1n) is 7.38. The van der Waals surface area contributed by atoms with Crippen molar-refractivity contribution in [3.05, 3.63) is 21.3 Å². The van der Waals surface area contributed by atoms with Gasteiger partial charge >= 0.3 is 5.97 Å². The molecule has 2 saturated heterocycles. The number of carbonyl (C=O) groups excluding carboxylic acids is 1. The maximum atomic E-state index is 12.0. The Morgan fingerprint density at radius 1 is 1.45 bits per heavy atom. The zero-order chi connectivity index (χ0) is 15.9. The molecule has 2 aliphatic rings. The van der Waals surface area contributed by atoms with E-state index in [0.717, 1.165) is 24.0 Å². The summed E-state index contributed by atoms with van der Waals surface area (Å²) in [5.74, 6) is -1.48. The molecule has 0 aliphatic carbocycles. The molecule has 7 heteroatoms. The van der Waals surface area contributed by atoms with Crippen molar-refractivity contribution in [2.45, 2.75) is 31.3 Å². The topological polar surface area (TPSA) is 60.9 Å². The van der Waals surface area contributed by atoms with Gasteiger partial charge in [-0.1, -0.05) is 11.6 Å². The van der Waals surface area contributed by atoms with Gasteiger partial charge in [0.05, 0.1) is 15.8 Å². The van der Waals surface area contributed by atoms with Crippen molar-refractivity contribution in [3.63, 3.8) is 0 Å². The maximum absolute atomic E-state index is 12.0. The Kier molecular flexibility index (Phi) is 4.18. The average Bonchev–Trinajstić information content (AvgIpc) is 2.99. The number of carbonyl (C=O) groups is 2. The summed E-state index contributed by atoms with van der Waals surface area (Å²) in [6, 6.07) is 3.93. The molecule has 120 valence electrons. The molecule has 0 bridgehead atoms. The zero-order valence-electron chi connectivity index (χ0n) is 12.4. The van der Waals surface area contributed by atoms with Crippen molar-refractivity contribution in [2.24, 2.45) is 5.92 Å². The molecule has 1 unspecified atom stereocenters. The summed E-state index contributed by atoms with van der Waals surface area (Å²) in [6.45, 7) is 2.44. The molecular weight excluding hydrogens is 324 g/mol. The number of thiophene rings is 1. The highest BCUT2D eigenvalue weighted by molar-refractivity contribution is 7.16. The van der Waals surface area contributed by atoms with Gasteiger partial charge in [-0.05, 0) is 25.0 Å². The van der Waals surface area contributed by atoms with Gasteiger partial charge in [0.15, 0.2) is 0 Å². The minimum atomic E-state index is -0.851. The van der Waals surface area contributed by atoms with Gasteiger partial charge in [-0.15, -0.1) is 11.3 Å². The van der Waals surface area contributed by atoms with E-state index >= 15 is 0 Å². The van der Waals surface area contributed by atoms with Crippen LogP contribution in [0.4, 0.5) is 0 Å². The fourth-order valence-corrected chi connectivity index (χ4v) is 4.87. The predicted octanol–water partition coefficient (Wildman–Crippen LogP) is 2.30. The number of piperidine rings is 1. The Bertz CT molecular complexity index is 595. The van der Waals surface area contributed by atoms with Crippen molar-refractivity contribution >= 4 is 34.8 Å². The number of hydrogen-bond donors (Lipinski definition) is 1. The molecule has 0 radical (unpaired) electrons. The molecule has 1 atom stereocenters. The smallest absolute Gasteiger partial charge is 0.309 e. The summed E-state index contributed by atoms with van der Waals surface area (Å²) in [5.41, 5.74) is -0.507. The third kappa shape index (κ3) is 2.64. The van der Waals surface area contributed by atoms with Gasteiger partial charge in [0.2, 0.25) is 5.91 Å². The van der Waals surface area contributed by atoms with Crippen LogP contribution in [0.15, 0.2) is 12.1 Å². The highest BCUT2D eigenvalue weighted by Gasteiger charge is 2.55. The van der Waals surface area contributed by atoms with Gasteiger partial charge in [0, 0.05) is 38.0 Å². The van der Waals surface area contributed by atoms with Gasteiger partial charge in [-0.3, -0.25) is 14.5 Å². The molecule has 1 amide bonds. The number of likely N-dealkylation sites (tertiary alicyclic amines) is 2. The van der Waals surface area contributed by atoms with E-state index in [4.69, 9.17) is 11.6 Å². The summed E-state index contributed by atoms with van der Waals surface area (Å²) in [6.07, 6.45) is 1.56. The number of rotatable bonds is 3. The van der Waals surface area contributed by atoms with E-state index in [0.29, 0.717) is 12.8 Å². The van der Waals surface area contributed by atoms with E-state index in [2.05, 4.69) is 4.90 Å². The molecule has 3 rings (SSSR count). The Labute approximate surface area is 138 Å². The fourth-order valence-electron chi connectivity index (χ4n) is 3.74. The summed E-state index contributed by atoms with van der Waals surface area (Å²) in [4.78, 5) is 28.7. The number of carboxylic acids is 1. The van der Waals surface area contributed by atoms with Crippen LogP contribution in [0.3, 0.4) is 0 Å². The van der Waals surface area contributed by atoms with Crippen LogP contribution in [0.5, 0.6) is 0 Å². The lowest BCUT2D eigenvalue weighted by Crippen LogP contribution is -2.55. The summed E-state index contributed by atoms with van der Waals surface area (Å²) in [7, 11) is 1.75. The fraction of sp³-hybridized carbons (Fsp3) is 0.600. The van der Waals surface area contributed by atoms with Crippen molar-refractivity contribution < 1.29 is 14.7 Å². The third-order valence-electron chi connectivity index (χ3n) is 5.10. The van der Waals surface area contributed by atoms with E-state index in [1.807, 2.05) is 12.1 Å². The minimum Gasteiger partial charge on any atom is -0.481 e. The Balaban J connectivity index is 1.69. The third-order valence-corrected chi connectivity index (χ3v) is 6.31. The van der Waals surface area contributed by atoms with Gasteiger partial charge in [-0.25, -0.2) is 0 Å². The normalized spacial score (nSPS) is 25.1. The monoisotopic (exact) mass is 342 g/mol. The number of hydrogen-bond acceptors (Lipinski definition) is 4. The van der Waals surface area contributed by atoms with Crippen LogP contribution in [-0.2, 0) is 16.1 Å². The number of carboxylic acid groups (broad SMARTS) is 1. The first-order chi connectivity index (χ1) is 10.4. The molecule has 0 saturated carbocycles. The van der Waals surface area contributed by atoms with Gasteiger partial charge < -0.3 is 10.0 Å². The SMILES string of the molecule is CN1C(=O)CC(C(=O)O)C12CCN(Cc1ccc(Cl)s1)CC2. The van der Waals surface area contributed by atoms with E-state index in [-0.39, 0.29) is 12.3 Å². The van der Waals surface area contributed by atoms with E-state index < -0.39 is 17.4 Å². The van der Waals surface area contributed by atoms with Crippen LogP contribution in [-0.4, -0.2) is 52.5 Å². The second-order valence-corrected chi connectivity index (χ2v) is 7.93. The Morgan fingerprint density at radius 2 is 2.14 bits per heavy atom. The van der Waals surface area contributed by atoms with Gasteiger partial charge in [0.25, 0.3) is 0 Å². The molecular formula is C15H19ClN2O3S. The standard InChI is InChI=1S/C15H19ClN2O3S/c1-17-13(19)8-11(14(20)21)15(17)4-6-18(7-5-15)9-10-2-3-12(16)22-10/h2-3,11H,4-9H2,1H3,(H,20,21). The molecule has 22 heavy (non-hydrogen) atoms.